The van der Waals surface area contributed by atoms with Crippen LogP contribution < -0.4 is 5.48 Å². The Morgan fingerprint density at radius 1 is 1.07 bits per heavy atom. The van der Waals surface area contributed by atoms with Crippen molar-refractivity contribution in [1.29, 1.82) is 0 Å². The van der Waals surface area contributed by atoms with Gasteiger partial charge in [0.15, 0.2) is 5.58 Å². The first-order valence-corrected chi connectivity index (χ1v) is 8.45. The minimum atomic E-state index is -0.676. The second-order valence-corrected chi connectivity index (χ2v) is 6.15. The number of aliphatic hydroxyl groups excluding tert-OH is 1. The monoisotopic (exact) mass is 378 g/mol. The van der Waals surface area contributed by atoms with E-state index in [1.807, 2.05) is 18.2 Å². The molecule has 28 heavy (non-hydrogen) atoms. The second kappa shape index (κ2) is 7.22. The molecule has 6 nitrogen and oxygen atoms in total. The number of carbonyl (C=O) groups is 1. The normalized spacial score (nSPS) is 11.0. The quantitative estimate of drug-likeness (QED) is 0.370. The molecule has 140 valence electrons. The first-order chi connectivity index (χ1) is 13.6. The predicted molar refractivity (Wildman–Crippen MR) is 100 cm³/mol. The van der Waals surface area contributed by atoms with Gasteiger partial charge in [0.2, 0.25) is 5.89 Å². The molecule has 0 radical (unpaired) electrons. The summed E-state index contributed by atoms with van der Waals surface area (Å²) in [6, 6.07) is 16.3. The summed E-state index contributed by atoms with van der Waals surface area (Å²) >= 11 is 0. The molecule has 0 aliphatic carbocycles. The SMILES string of the molecule is O=C(NO)c1ccc2oc(-c3ccc(-c4ccccc4CO)cc3F)nc2c1. The zero-order valence-corrected chi connectivity index (χ0v) is 14.5. The molecule has 1 amide bonds. The van der Waals surface area contributed by atoms with Crippen molar-refractivity contribution >= 4 is 17.0 Å². The van der Waals surface area contributed by atoms with Crippen LogP contribution in [0.1, 0.15) is 15.9 Å². The number of carbonyl (C=O) groups excluding carboxylic acids is 1. The summed E-state index contributed by atoms with van der Waals surface area (Å²) in [5.74, 6) is -1.12. The highest BCUT2D eigenvalue weighted by Crippen LogP contribution is 2.31. The predicted octanol–water partition coefficient (Wildman–Crippen LogP) is 3.91. The molecule has 4 aromatic rings. The minimum absolute atomic E-state index is 0.0797. The molecule has 0 saturated heterocycles. The standard InChI is InChI=1S/C21H15FN2O4/c22-17-9-12(15-4-2-1-3-14(15)11-25)5-7-16(17)21-23-18-10-13(20(26)24-27)6-8-19(18)28-21/h1-10,25,27H,11H2,(H,24,26). The molecule has 3 aromatic carbocycles. The van der Waals surface area contributed by atoms with Crippen molar-refractivity contribution in [2.45, 2.75) is 6.61 Å². The summed E-state index contributed by atoms with van der Waals surface area (Å²) < 4.78 is 20.4. The summed E-state index contributed by atoms with van der Waals surface area (Å²) in [6.07, 6.45) is 0. The molecule has 0 unspecified atom stereocenters. The number of benzene rings is 3. The lowest BCUT2D eigenvalue weighted by Gasteiger charge is -2.08. The lowest BCUT2D eigenvalue weighted by Crippen LogP contribution is -2.18. The maximum Gasteiger partial charge on any atom is 0.274 e. The molecule has 1 heterocycles. The smallest absolute Gasteiger partial charge is 0.274 e. The number of rotatable bonds is 4. The number of amides is 1. The summed E-state index contributed by atoms with van der Waals surface area (Å²) in [6.45, 7) is -0.144. The third-order valence-electron chi connectivity index (χ3n) is 4.45. The zero-order valence-electron chi connectivity index (χ0n) is 14.5. The lowest BCUT2D eigenvalue weighted by molar-refractivity contribution is 0.0706. The van der Waals surface area contributed by atoms with Gasteiger partial charge in [-0.05, 0) is 47.0 Å². The first-order valence-electron chi connectivity index (χ1n) is 8.45. The molecule has 0 aliphatic heterocycles. The van der Waals surface area contributed by atoms with Crippen molar-refractivity contribution in [3.05, 3.63) is 77.6 Å². The van der Waals surface area contributed by atoms with Crippen LogP contribution in [0.15, 0.2) is 65.1 Å². The molecule has 7 heteroatoms. The minimum Gasteiger partial charge on any atom is -0.436 e. The highest BCUT2D eigenvalue weighted by Gasteiger charge is 2.16. The van der Waals surface area contributed by atoms with E-state index in [9.17, 15) is 14.3 Å². The van der Waals surface area contributed by atoms with Crippen molar-refractivity contribution in [3.8, 4) is 22.6 Å². The molecule has 0 saturated carbocycles. The molecular formula is C21H15FN2O4. The highest BCUT2D eigenvalue weighted by atomic mass is 19.1. The van der Waals surface area contributed by atoms with Crippen molar-refractivity contribution in [2.24, 2.45) is 0 Å². The zero-order chi connectivity index (χ0) is 19.7. The van der Waals surface area contributed by atoms with Crippen LogP contribution in [0.3, 0.4) is 0 Å². The third-order valence-corrected chi connectivity index (χ3v) is 4.45. The Labute approximate surface area is 158 Å². The molecular weight excluding hydrogens is 363 g/mol. The molecule has 3 N–H and O–H groups in total. The number of fused-ring (bicyclic) bond motifs is 1. The van der Waals surface area contributed by atoms with E-state index in [0.717, 1.165) is 5.56 Å². The van der Waals surface area contributed by atoms with Gasteiger partial charge in [0.1, 0.15) is 11.3 Å². The molecule has 0 fully saturated rings. The van der Waals surface area contributed by atoms with Gasteiger partial charge in [-0.3, -0.25) is 10.0 Å². The van der Waals surface area contributed by atoms with Crippen LogP contribution in [0, 0.1) is 5.82 Å². The highest BCUT2D eigenvalue weighted by molar-refractivity contribution is 5.96. The van der Waals surface area contributed by atoms with Gasteiger partial charge >= 0.3 is 0 Å². The van der Waals surface area contributed by atoms with E-state index in [1.54, 1.807) is 23.7 Å². The van der Waals surface area contributed by atoms with Gasteiger partial charge in [-0.2, -0.15) is 0 Å². The fourth-order valence-electron chi connectivity index (χ4n) is 3.04. The topological polar surface area (TPSA) is 95.6 Å². The summed E-state index contributed by atoms with van der Waals surface area (Å²) in [5.41, 5.74) is 4.75. The first kappa shape index (κ1) is 17.8. The summed E-state index contributed by atoms with van der Waals surface area (Å²) in [5, 5.41) is 18.2. The van der Waals surface area contributed by atoms with E-state index < -0.39 is 11.7 Å². The second-order valence-electron chi connectivity index (χ2n) is 6.15. The number of aliphatic hydroxyl groups is 1. The molecule has 1 aromatic heterocycles. The molecule has 0 atom stereocenters. The molecule has 4 rings (SSSR count). The Morgan fingerprint density at radius 3 is 2.64 bits per heavy atom. The Kier molecular flexibility index (Phi) is 4.60. The number of oxazole rings is 1. The van der Waals surface area contributed by atoms with Crippen LogP contribution in [0.25, 0.3) is 33.7 Å². The number of hydroxylamine groups is 1. The average molecular weight is 378 g/mol. The van der Waals surface area contributed by atoms with Gasteiger partial charge in [0.25, 0.3) is 5.91 Å². The molecule has 0 aliphatic rings. The summed E-state index contributed by atoms with van der Waals surface area (Å²) in [4.78, 5) is 15.8. The number of hydrogen-bond donors (Lipinski definition) is 3. The summed E-state index contributed by atoms with van der Waals surface area (Å²) in [7, 11) is 0. The van der Waals surface area contributed by atoms with Crippen LogP contribution >= 0.6 is 0 Å². The van der Waals surface area contributed by atoms with Gasteiger partial charge < -0.3 is 9.52 Å². The van der Waals surface area contributed by atoms with Crippen LogP contribution in [-0.2, 0) is 6.61 Å². The Bertz CT molecular complexity index is 1190. The van der Waals surface area contributed by atoms with Crippen LogP contribution in [0.5, 0.6) is 0 Å². The van der Waals surface area contributed by atoms with E-state index in [4.69, 9.17) is 9.62 Å². The van der Waals surface area contributed by atoms with Crippen LogP contribution in [0.4, 0.5) is 4.39 Å². The molecule has 0 bridgehead atoms. The number of nitrogens with one attached hydrogen (secondary N) is 1. The maximum atomic E-state index is 14.8. The number of halogens is 1. The number of nitrogens with zero attached hydrogens (tertiary/aromatic N) is 1. The molecule has 0 spiro atoms. The van der Waals surface area contributed by atoms with Crippen LogP contribution in [-0.4, -0.2) is 21.2 Å². The van der Waals surface area contributed by atoms with E-state index in [2.05, 4.69) is 4.98 Å². The third kappa shape index (κ3) is 3.13. The fraction of sp³-hybridized carbons (Fsp3) is 0.0476. The fourth-order valence-corrected chi connectivity index (χ4v) is 3.04. The van der Waals surface area contributed by atoms with Gasteiger partial charge in [-0.1, -0.05) is 30.3 Å². The van der Waals surface area contributed by atoms with Crippen molar-refractivity contribution in [3.63, 3.8) is 0 Å². The van der Waals surface area contributed by atoms with Crippen molar-refractivity contribution in [1.82, 2.24) is 10.5 Å². The van der Waals surface area contributed by atoms with Gasteiger partial charge in [-0.25, -0.2) is 14.9 Å². The Morgan fingerprint density at radius 2 is 1.89 bits per heavy atom. The van der Waals surface area contributed by atoms with E-state index in [0.29, 0.717) is 22.2 Å². The Hall–Kier alpha value is -3.55. The number of aromatic nitrogens is 1. The maximum absolute atomic E-state index is 14.8. The van der Waals surface area contributed by atoms with Crippen LogP contribution in [0.2, 0.25) is 0 Å². The Balaban J connectivity index is 1.74. The number of hydrogen-bond acceptors (Lipinski definition) is 5. The largest absolute Gasteiger partial charge is 0.436 e. The van der Waals surface area contributed by atoms with Gasteiger partial charge in [0, 0.05) is 5.56 Å². The van der Waals surface area contributed by atoms with Gasteiger partial charge in [0.05, 0.1) is 12.2 Å². The van der Waals surface area contributed by atoms with Crippen molar-refractivity contribution < 1.29 is 23.9 Å². The average Bonchev–Trinajstić information content (AvgIpc) is 3.15. The van der Waals surface area contributed by atoms with Crippen molar-refractivity contribution in [2.75, 3.05) is 0 Å². The van der Waals surface area contributed by atoms with E-state index in [1.165, 1.54) is 24.3 Å². The van der Waals surface area contributed by atoms with Gasteiger partial charge in [-0.15, -0.1) is 0 Å². The van der Waals surface area contributed by atoms with E-state index in [-0.39, 0.29) is 23.6 Å². The van der Waals surface area contributed by atoms with E-state index >= 15 is 0 Å². The lowest BCUT2D eigenvalue weighted by atomic mass is 9.99.